The second kappa shape index (κ2) is 8.90. The summed E-state index contributed by atoms with van der Waals surface area (Å²) in [5.74, 6) is 1.33. The largest absolute Gasteiger partial charge is 0.495 e. The van der Waals surface area contributed by atoms with Crippen molar-refractivity contribution in [2.75, 3.05) is 31.4 Å². The van der Waals surface area contributed by atoms with Gasteiger partial charge in [0.05, 0.1) is 32.4 Å². The van der Waals surface area contributed by atoms with Gasteiger partial charge in [0.1, 0.15) is 17.2 Å². The van der Waals surface area contributed by atoms with Crippen LogP contribution in [0.2, 0.25) is 0 Å². The first kappa shape index (κ1) is 22.3. The number of rotatable bonds is 9. The monoisotopic (exact) mass is 473 g/mol. The first-order valence-electron chi connectivity index (χ1n) is 9.91. The first-order chi connectivity index (χ1) is 15.9. The van der Waals surface area contributed by atoms with Gasteiger partial charge >= 0.3 is 0 Å². The molecule has 0 unspecified atom stereocenters. The van der Waals surface area contributed by atoms with E-state index in [1.54, 1.807) is 22.9 Å². The zero-order valence-electron chi connectivity index (χ0n) is 18.4. The van der Waals surface area contributed by atoms with Gasteiger partial charge in [0.25, 0.3) is 10.0 Å². The van der Waals surface area contributed by atoms with Crippen LogP contribution in [0.25, 0.3) is 11.0 Å². The minimum Gasteiger partial charge on any atom is -0.495 e. The fraction of sp³-hybridized carbons (Fsp3) is 0.238. The van der Waals surface area contributed by atoms with Gasteiger partial charge in [-0.3, -0.25) is 9.40 Å². The Bertz CT molecular complexity index is 1370. The number of aryl methyl sites for hydroxylation is 1. The molecule has 0 radical (unpaired) electrons. The summed E-state index contributed by atoms with van der Waals surface area (Å²) in [6.07, 6.45) is 1.85. The van der Waals surface area contributed by atoms with Crippen LogP contribution < -0.4 is 24.2 Å². The summed E-state index contributed by atoms with van der Waals surface area (Å²) >= 11 is 0. The number of methoxy groups -OCH3 is 3. The SMILES string of the molecule is CCn1ccc(Nc2cc3onc(NS(=O)(=O)c4c(OC)cccc4OC)c3cc2OC)n1. The Morgan fingerprint density at radius 2 is 1.73 bits per heavy atom. The smallest absolute Gasteiger partial charge is 0.270 e. The summed E-state index contributed by atoms with van der Waals surface area (Å²) in [5, 5.41) is 11.9. The summed E-state index contributed by atoms with van der Waals surface area (Å²) < 4.78 is 51.9. The minimum absolute atomic E-state index is 0.00179. The van der Waals surface area contributed by atoms with E-state index in [1.807, 2.05) is 19.2 Å². The summed E-state index contributed by atoms with van der Waals surface area (Å²) in [6.45, 7) is 2.72. The molecule has 0 amide bonds. The standard InChI is InChI=1S/C21H23N5O6S/c1-5-26-10-9-19(23-26)22-14-12-17-13(11-18(14)31-4)21(24-32-17)25-33(27,28)20-15(29-2)7-6-8-16(20)30-3/h6-12H,5H2,1-4H3,(H,22,23)(H,24,25). The van der Waals surface area contributed by atoms with Gasteiger partial charge in [-0.15, -0.1) is 0 Å². The van der Waals surface area contributed by atoms with Gasteiger partial charge in [-0.2, -0.15) is 5.10 Å². The van der Waals surface area contributed by atoms with Gasteiger partial charge in [0, 0.05) is 24.9 Å². The number of hydrogen-bond acceptors (Lipinski definition) is 9. The third kappa shape index (κ3) is 4.24. The number of nitrogens with one attached hydrogen (secondary N) is 2. The van der Waals surface area contributed by atoms with Crippen LogP contribution in [-0.4, -0.2) is 44.7 Å². The summed E-state index contributed by atoms with van der Waals surface area (Å²) in [5.41, 5.74) is 0.932. The van der Waals surface area contributed by atoms with Crippen molar-refractivity contribution in [1.29, 1.82) is 0 Å². The molecular weight excluding hydrogens is 450 g/mol. The van der Waals surface area contributed by atoms with E-state index in [-0.39, 0.29) is 22.2 Å². The molecule has 2 aromatic heterocycles. The number of benzene rings is 2. The number of ether oxygens (including phenoxy) is 3. The molecule has 0 spiro atoms. The number of anilines is 3. The third-order valence-corrected chi connectivity index (χ3v) is 6.30. The minimum atomic E-state index is -4.13. The Kier molecular flexibility index (Phi) is 6.01. The van der Waals surface area contributed by atoms with Gasteiger partial charge in [-0.25, -0.2) is 8.42 Å². The summed E-state index contributed by atoms with van der Waals surface area (Å²) in [6, 6.07) is 9.80. The van der Waals surface area contributed by atoms with E-state index in [0.717, 1.165) is 6.54 Å². The van der Waals surface area contributed by atoms with E-state index in [0.29, 0.717) is 28.2 Å². The predicted octanol–water partition coefficient (Wildman–Crippen LogP) is 3.61. The third-order valence-electron chi connectivity index (χ3n) is 4.90. The number of nitrogens with zero attached hydrogens (tertiary/aromatic N) is 3. The molecule has 0 aliphatic heterocycles. The molecule has 0 bridgehead atoms. The average molecular weight is 474 g/mol. The highest BCUT2D eigenvalue weighted by atomic mass is 32.2. The Balaban J connectivity index is 1.71. The average Bonchev–Trinajstić information content (AvgIpc) is 3.44. The van der Waals surface area contributed by atoms with E-state index in [2.05, 4.69) is 20.3 Å². The lowest BCUT2D eigenvalue weighted by Crippen LogP contribution is -2.15. The van der Waals surface area contributed by atoms with Gasteiger partial charge in [0.15, 0.2) is 22.1 Å². The lowest BCUT2D eigenvalue weighted by atomic mass is 10.2. The number of aromatic nitrogens is 3. The zero-order chi connectivity index (χ0) is 23.6. The molecule has 174 valence electrons. The van der Waals surface area contributed by atoms with Crippen LogP contribution in [0.5, 0.6) is 17.2 Å². The molecule has 11 nitrogen and oxygen atoms in total. The highest BCUT2D eigenvalue weighted by molar-refractivity contribution is 7.93. The second-order valence-electron chi connectivity index (χ2n) is 6.86. The second-order valence-corrected chi connectivity index (χ2v) is 8.48. The lowest BCUT2D eigenvalue weighted by Gasteiger charge is -2.14. The van der Waals surface area contributed by atoms with E-state index in [1.165, 1.54) is 33.5 Å². The van der Waals surface area contributed by atoms with Crippen LogP contribution in [-0.2, 0) is 16.6 Å². The van der Waals surface area contributed by atoms with Crippen molar-refractivity contribution in [2.45, 2.75) is 18.4 Å². The van der Waals surface area contributed by atoms with Crippen LogP contribution in [0.15, 0.2) is 52.0 Å². The van der Waals surface area contributed by atoms with Crippen molar-refractivity contribution in [1.82, 2.24) is 14.9 Å². The van der Waals surface area contributed by atoms with Crippen molar-refractivity contribution in [3.63, 3.8) is 0 Å². The zero-order valence-corrected chi connectivity index (χ0v) is 19.3. The summed E-state index contributed by atoms with van der Waals surface area (Å²) in [4.78, 5) is -0.150. The predicted molar refractivity (Wildman–Crippen MR) is 122 cm³/mol. The van der Waals surface area contributed by atoms with E-state index >= 15 is 0 Å². The van der Waals surface area contributed by atoms with Crippen LogP contribution >= 0.6 is 0 Å². The molecule has 2 aromatic carbocycles. The van der Waals surface area contributed by atoms with Gasteiger partial charge in [-0.1, -0.05) is 11.2 Å². The molecule has 4 aromatic rings. The number of fused-ring (bicyclic) bond motifs is 1. The van der Waals surface area contributed by atoms with Gasteiger partial charge in [0.2, 0.25) is 0 Å². The maximum atomic E-state index is 13.2. The molecule has 0 atom stereocenters. The van der Waals surface area contributed by atoms with Crippen molar-refractivity contribution >= 4 is 38.3 Å². The Hall–Kier alpha value is -3.93. The number of sulfonamides is 1. The molecule has 2 N–H and O–H groups in total. The molecule has 0 aliphatic carbocycles. The summed E-state index contributed by atoms with van der Waals surface area (Å²) in [7, 11) is 0.132. The van der Waals surface area contributed by atoms with Gasteiger partial charge < -0.3 is 24.1 Å². The first-order valence-corrected chi connectivity index (χ1v) is 11.4. The van der Waals surface area contributed by atoms with Crippen molar-refractivity contribution in [3.05, 3.63) is 42.6 Å². The highest BCUT2D eigenvalue weighted by Gasteiger charge is 2.27. The number of hydrogen-bond donors (Lipinski definition) is 2. The Morgan fingerprint density at radius 3 is 2.33 bits per heavy atom. The Labute approximate surface area is 190 Å². The Morgan fingerprint density at radius 1 is 1.03 bits per heavy atom. The van der Waals surface area contributed by atoms with Crippen LogP contribution in [0.4, 0.5) is 17.3 Å². The molecule has 0 aliphatic rings. The van der Waals surface area contributed by atoms with Crippen molar-refractivity contribution in [2.24, 2.45) is 0 Å². The normalized spacial score (nSPS) is 11.4. The quantitative estimate of drug-likeness (QED) is 0.374. The van der Waals surface area contributed by atoms with E-state index in [4.69, 9.17) is 18.7 Å². The topological polar surface area (TPSA) is 130 Å². The van der Waals surface area contributed by atoms with Gasteiger partial charge in [-0.05, 0) is 25.1 Å². The lowest BCUT2D eigenvalue weighted by molar-refractivity contribution is 0.373. The molecule has 12 heteroatoms. The maximum Gasteiger partial charge on any atom is 0.270 e. The molecule has 0 fully saturated rings. The molecular formula is C21H23N5O6S. The van der Waals surface area contributed by atoms with Crippen LogP contribution in [0.3, 0.4) is 0 Å². The molecule has 0 saturated heterocycles. The molecule has 33 heavy (non-hydrogen) atoms. The molecule has 0 saturated carbocycles. The molecule has 4 rings (SSSR count). The van der Waals surface area contributed by atoms with Crippen LogP contribution in [0.1, 0.15) is 6.92 Å². The van der Waals surface area contributed by atoms with Crippen molar-refractivity contribution < 1.29 is 27.2 Å². The molecule has 2 heterocycles. The fourth-order valence-corrected chi connectivity index (χ4v) is 4.64. The van der Waals surface area contributed by atoms with Crippen LogP contribution in [0, 0.1) is 0 Å². The van der Waals surface area contributed by atoms with E-state index in [9.17, 15) is 8.42 Å². The maximum absolute atomic E-state index is 13.2. The van der Waals surface area contributed by atoms with Crippen molar-refractivity contribution in [3.8, 4) is 17.2 Å². The highest BCUT2D eigenvalue weighted by Crippen LogP contribution is 2.38. The van der Waals surface area contributed by atoms with E-state index < -0.39 is 10.0 Å². The fourth-order valence-electron chi connectivity index (χ4n) is 3.31.